The van der Waals surface area contributed by atoms with Crippen molar-refractivity contribution in [1.29, 1.82) is 0 Å². The minimum absolute atomic E-state index is 0.134. The average Bonchev–Trinajstić information content (AvgIpc) is 2.46. The van der Waals surface area contributed by atoms with E-state index in [4.69, 9.17) is 11.6 Å². The van der Waals surface area contributed by atoms with Crippen molar-refractivity contribution in [2.75, 3.05) is 0 Å². The van der Waals surface area contributed by atoms with Crippen molar-refractivity contribution < 1.29 is 4.79 Å². The molecule has 0 aliphatic rings. The van der Waals surface area contributed by atoms with Gasteiger partial charge in [-0.3, -0.25) is 9.48 Å². The maximum absolute atomic E-state index is 11.0. The van der Waals surface area contributed by atoms with Crippen LogP contribution >= 0.6 is 11.6 Å². The number of aryl methyl sites for hydroxylation is 1. The molecule has 1 heterocycles. The molecule has 0 atom stereocenters. The predicted molar refractivity (Wildman–Crippen MR) is 60.1 cm³/mol. The first kappa shape index (κ1) is 10.2. The van der Waals surface area contributed by atoms with Gasteiger partial charge in [-0.1, -0.05) is 11.6 Å². The van der Waals surface area contributed by atoms with Crippen LogP contribution in [0.4, 0.5) is 0 Å². The van der Waals surface area contributed by atoms with Crippen LogP contribution in [-0.4, -0.2) is 15.6 Å². The fraction of sp³-hybridized carbons (Fsp3) is 0.273. The number of fused-ring (bicyclic) bond motifs is 1. The molecule has 0 spiro atoms. The third-order valence-electron chi connectivity index (χ3n) is 2.30. The number of rotatable bonds is 2. The van der Waals surface area contributed by atoms with E-state index in [-0.39, 0.29) is 5.78 Å². The highest BCUT2D eigenvalue weighted by atomic mass is 35.5. The fourth-order valence-electron chi connectivity index (χ4n) is 1.71. The number of halogens is 1. The first-order valence-corrected chi connectivity index (χ1v) is 5.05. The maximum Gasteiger partial charge on any atom is 0.134 e. The van der Waals surface area contributed by atoms with E-state index in [2.05, 4.69) is 5.10 Å². The molecule has 0 saturated carbocycles. The highest BCUT2D eigenvalue weighted by molar-refractivity contribution is 6.35. The molecule has 0 fully saturated rings. The van der Waals surface area contributed by atoms with Crippen LogP contribution in [0.25, 0.3) is 10.9 Å². The molecule has 0 amide bonds. The zero-order valence-electron chi connectivity index (χ0n) is 8.62. The van der Waals surface area contributed by atoms with Gasteiger partial charge in [-0.2, -0.15) is 5.10 Å². The summed E-state index contributed by atoms with van der Waals surface area (Å²) in [5.74, 6) is 0.134. The van der Waals surface area contributed by atoms with Crippen LogP contribution in [-0.2, 0) is 18.3 Å². The van der Waals surface area contributed by atoms with Crippen LogP contribution in [0.1, 0.15) is 12.5 Å². The summed E-state index contributed by atoms with van der Waals surface area (Å²) in [4.78, 5) is 11.0. The highest BCUT2D eigenvalue weighted by Gasteiger charge is 2.07. The van der Waals surface area contributed by atoms with Gasteiger partial charge in [-0.05, 0) is 24.6 Å². The highest BCUT2D eigenvalue weighted by Crippen LogP contribution is 2.25. The van der Waals surface area contributed by atoms with E-state index >= 15 is 0 Å². The van der Waals surface area contributed by atoms with Gasteiger partial charge in [0.05, 0.1) is 16.7 Å². The Morgan fingerprint density at radius 1 is 1.53 bits per heavy atom. The Bertz CT molecular complexity index is 531. The van der Waals surface area contributed by atoms with Crippen molar-refractivity contribution in [1.82, 2.24) is 9.78 Å². The molecular weight excluding hydrogens is 212 g/mol. The van der Waals surface area contributed by atoms with E-state index in [1.807, 2.05) is 19.2 Å². The SMILES string of the molecule is CC(=O)Cc1cc(Cl)c2c(cnn2C)c1. The molecule has 2 aromatic rings. The molecular formula is C11H11ClN2O. The van der Waals surface area contributed by atoms with E-state index in [1.165, 1.54) is 0 Å². The number of Topliss-reactive ketones (excluding diaryl/α,β-unsaturated/α-hetero) is 1. The van der Waals surface area contributed by atoms with Gasteiger partial charge in [0, 0.05) is 18.9 Å². The molecule has 2 rings (SSSR count). The first-order valence-electron chi connectivity index (χ1n) is 4.67. The Labute approximate surface area is 92.6 Å². The lowest BCUT2D eigenvalue weighted by atomic mass is 10.1. The van der Waals surface area contributed by atoms with E-state index in [0.29, 0.717) is 11.4 Å². The summed E-state index contributed by atoms with van der Waals surface area (Å²) in [7, 11) is 1.85. The van der Waals surface area contributed by atoms with Gasteiger partial charge < -0.3 is 0 Å². The number of nitrogens with zero attached hydrogens (tertiary/aromatic N) is 2. The molecule has 4 heteroatoms. The van der Waals surface area contributed by atoms with Gasteiger partial charge >= 0.3 is 0 Å². The smallest absolute Gasteiger partial charge is 0.134 e. The summed E-state index contributed by atoms with van der Waals surface area (Å²) >= 11 is 6.12. The summed E-state index contributed by atoms with van der Waals surface area (Å²) in [6, 6.07) is 3.78. The average molecular weight is 223 g/mol. The van der Waals surface area contributed by atoms with Gasteiger partial charge in [-0.15, -0.1) is 0 Å². The van der Waals surface area contributed by atoms with Crippen molar-refractivity contribution in [2.45, 2.75) is 13.3 Å². The lowest BCUT2D eigenvalue weighted by Gasteiger charge is -2.02. The van der Waals surface area contributed by atoms with Crippen LogP contribution in [0.3, 0.4) is 0 Å². The Morgan fingerprint density at radius 3 is 2.93 bits per heavy atom. The quantitative estimate of drug-likeness (QED) is 0.782. The van der Waals surface area contributed by atoms with Crippen LogP contribution < -0.4 is 0 Å². The van der Waals surface area contributed by atoms with Crippen molar-refractivity contribution in [3.63, 3.8) is 0 Å². The number of aromatic nitrogens is 2. The number of ketones is 1. The lowest BCUT2D eigenvalue weighted by molar-refractivity contribution is -0.116. The molecule has 0 N–H and O–H groups in total. The number of carbonyl (C=O) groups is 1. The van der Waals surface area contributed by atoms with E-state index in [9.17, 15) is 4.79 Å². The Balaban J connectivity index is 2.58. The summed E-state index contributed by atoms with van der Waals surface area (Å²) in [6.07, 6.45) is 2.18. The second-order valence-electron chi connectivity index (χ2n) is 3.66. The Kier molecular flexibility index (Phi) is 2.49. The fourth-order valence-corrected chi connectivity index (χ4v) is 2.09. The zero-order chi connectivity index (χ0) is 11.0. The largest absolute Gasteiger partial charge is 0.300 e. The predicted octanol–water partition coefficient (Wildman–Crippen LogP) is 2.36. The molecule has 78 valence electrons. The van der Waals surface area contributed by atoms with E-state index < -0.39 is 0 Å². The molecule has 15 heavy (non-hydrogen) atoms. The molecule has 0 unspecified atom stereocenters. The molecule has 1 aromatic carbocycles. The molecule has 0 aliphatic carbocycles. The van der Waals surface area contributed by atoms with Crippen LogP contribution in [0.2, 0.25) is 5.02 Å². The summed E-state index contributed by atoms with van der Waals surface area (Å²) < 4.78 is 1.73. The third-order valence-corrected chi connectivity index (χ3v) is 2.59. The van der Waals surface area contributed by atoms with Crippen molar-refractivity contribution in [2.24, 2.45) is 7.05 Å². The van der Waals surface area contributed by atoms with Gasteiger partial charge in [0.1, 0.15) is 5.78 Å². The van der Waals surface area contributed by atoms with Crippen LogP contribution in [0.5, 0.6) is 0 Å². The lowest BCUT2D eigenvalue weighted by Crippen LogP contribution is -1.96. The second-order valence-corrected chi connectivity index (χ2v) is 4.07. The van der Waals surface area contributed by atoms with Crippen LogP contribution in [0, 0.1) is 0 Å². The zero-order valence-corrected chi connectivity index (χ0v) is 9.38. The number of hydrogen-bond donors (Lipinski definition) is 0. The van der Waals surface area contributed by atoms with Crippen LogP contribution in [0.15, 0.2) is 18.3 Å². The summed E-state index contributed by atoms with van der Waals surface area (Å²) in [5.41, 5.74) is 1.84. The number of carbonyl (C=O) groups excluding carboxylic acids is 1. The van der Waals surface area contributed by atoms with E-state index in [1.54, 1.807) is 17.8 Å². The second kappa shape index (κ2) is 3.66. The minimum atomic E-state index is 0.134. The van der Waals surface area contributed by atoms with Crippen molar-refractivity contribution in [3.8, 4) is 0 Å². The first-order chi connectivity index (χ1) is 7.08. The van der Waals surface area contributed by atoms with Crippen molar-refractivity contribution >= 4 is 28.3 Å². The third kappa shape index (κ3) is 1.88. The van der Waals surface area contributed by atoms with Gasteiger partial charge in [-0.25, -0.2) is 0 Å². The monoisotopic (exact) mass is 222 g/mol. The Hall–Kier alpha value is -1.35. The van der Waals surface area contributed by atoms with Gasteiger partial charge in [0.15, 0.2) is 0 Å². The Morgan fingerprint density at radius 2 is 2.27 bits per heavy atom. The molecule has 0 radical (unpaired) electrons. The van der Waals surface area contributed by atoms with Crippen molar-refractivity contribution in [3.05, 3.63) is 28.9 Å². The van der Waals surface area contributed by atoms with E-state index in [0.717, 1.165) is 16.5 Å². The molecule has 0 aliphatic heterocycles. The standard InChI is InChI=1S/C11H11ClN2O/c1-7(15)3-8-4-9-6-13-14(2)11(9)10(12)5-8/h4-6H,3H2,1-2H3. The topological polar surface area (TPSA) is 34.9 Å². The number of hydrogen-bond acceptors (Lipinski definition) is 2. The normalized spacial score (nSPS) is 10.9. The molecule has 3 nitrogen and oxygen atoms in total. The molecule has 0 saturated heterocycles. The minimum Gasteiger partial charge on any atom is -0.300 e. The van der Waals surface area contributed by atoms with Gasteiger partial charge in [0.25, 0.3) is 0 Å². The molecule has 1 aromatic heterocycles. The molecule has 0 bridgehead atoms. The summed E-state index contributed by atoms with van der Waals surface area (Å²) in [5, 5.41) is 5.74. The maximum atomic E-state index is 11.0. The number of benzene rings is 1. The van der Waals surface area contributed by atoms with Gasteiger partial charge in [0.2, 0.25) is 0 Å². The summed E-state index contributed by atoms with van der Waals surface area (Å²) in [6.45, 7) is 1.57.